The van der Waals surface area contributed by atoms with Gasteiger partial charge in [0.1, 0.15) is 16.4 Å². The van der Waals surface area contributed by atoms with Gasteiger partial charge < -0.3 is 9.47 Å². The zero-order chi connectivity index (χ0) is 22.1. The first kappa shape index (κ1) is 24.1. The van der Waals surface area contributed by atoms with Crippen LogP contribution in [0.1, 0.15) is 32.6 Å². The molecule has 2 aromatic carbocycles. The van der Waals surface area contributed by atoms with Crippen LogP contribution < -0.4 is 13.8 Å². The van der Waals surface area contributed by atoms with E-state index in [1.807, 2.05) is 0 Å². The van der Waals surface area contributed by atoms with Gasteiger partial charge >= 0.3 is 0 Å². The first-order chi connectivity index (χ1) is 14.3. The van der Waals surface area contributed by atoms with E-state index in [4.69, 9.17) is 13.7 Å². The fraction of sp³-hybridized carbons (Fsp3) is 0.400. The zero-order valence-electron chi connectivity index (χ0n) is 17.2. The van der Waals surface area contributed by atoms with E-state index in [9.17, 15) is 17.2 Å². The fourth-order valence-electron chi connectivity index (χ4n) is 2.79. The molecule has 0 aromatic heterocycles. The first-order valence-corrected chi connectivity index (χ1v) is 11.9. The second-order valence-corrected chi connectivity index (χ2v) is 8.80. The molecule has 2 aromatic rings. The second kappa shape index (κ2) is 11.3. The summed E-state index contributed by atoms with van der Waals surface area (Å²) in [5.74, 6) is 0.882. The molecule has 0 aliphatic rings. The molecule has 1 N–H and O–H groups in total. The molecule has 30 heavy (non-hydrogen) atoms. The Morgan fingerprint density at radius 3 is 2.17 bits per heavy atom. The van der Waals surface area contributed by atoms with Gasteiger partial charge in [-0.1, -0.05) is 26.2 Å². The maximum Gasteiger partial charge on any atom is 0.299 e. The van der Waals surface area contributed by atoms with E-state index in [2.05, 4.69) is 6.92 Å². The molecule has 1 atom stereocenters. The predicted octanol–water partition coefficient (Wildman–Crippen LogP) is 4.26. The number of unbranched alkanes of at least 4 members (excludes halogenated alkanes) is 3. The highest BCUT2D eigenvalue weighted by Crippen LogP contribution is 2.36. The fourth-order valence-corrected chi connectivity index (χ4v) is 4.57. The average molecular weight is 458 g/mol. The number of hydrogen-bond acceptors (Lipinski definition) is 6. The first-order valence-electron chi connectivity index (χ1n) is 9.46. The molecule has 10 heteroatoms. The number of ether oxygens (including phenoxy) is 2. The van der Waals surface area contributed by atoms with E-state index in [1.165, 1.54) is 32.4 Å². The lowest BCUT2D eigenvalue weighted by Gasteiger charge is -2.23. The van der Waals surface area contributed by atoms with Crippen molar-refractivity contribution in [3.8, 4) is 11.5 Å². The van der Waals surface area contributed by atoms with Gasteiger partial charge in [-0.3, -0.25) is 8.74 Å². The van der Waals surface area contributed by atoms with Crippen LogP contribution in [0, 0.1) is 0 Å². The average Bonchev–Trinajstić information content (AvgIpc) is 2.73. The summed E-state index contributed by atoms with van der Waals surface area (Å²) in [4.78, 5) is -0.225. The molecule has 0 fully saturated rings. The van der Waals surface area contributed by atoms with Gasteiger partial charge in [0, 0.05) is 6.07 Å². The van der Waals surface area contributed by atoms with Gasteiger partial charge in [0.15, 0.2) is 0 Å². The lowest BCUT2D eigenvalue weighted by Crippen LogP contribution is -2.22. The summed E-state index contributed by atoms with van der Waals surface area (Å²) >= 11 is -2.56. The lowest BCUT2D eigenvalue weighted by atomic mass is 10.2. The molecule has 0 saturated carbocycles. The molecule has 2 rings (SSSR count). The standard InChI is InChI=1S/C20H27NO7S2/c1-4-5-6-7-14-28-30(24,25)20-13-12-18(27-3)15-19(20)21(29(22)23)16-8-10-17(26-2)11-9-16/h8-13,15H,4-7,14H2,1-3H3,(H,22,23). The molecule has 1 unspecified atom stereocenters. The number of anilines is 2. The monoisotopic (exact) mass is 457 g/mol. The third-order valence-electron chi connectivity index (χ3n) is 4.35. The van der Waals surface area contributed by atoms with Crippen molar-refractivity contribution in [1.29, 1.82) is 0 Å². The van der Waals surface area contributed by atoms with Crippen LogP contribution in [0.3, 0.4) is 0 Å². The molecule has 0 aliphatic carbocycles. The van der Waals surface area contributed by atoms with Crippen molar-refractivity contribution in [3.63, 3.8) is 0 Å². The van der Waals surface area contributed by atoms with Gasteiger partial charge in [0.05, 0.1) is 32.2 Å². The molecular formula is C20H27NO7S2. The van der Waals surface area contributed by atoms with Crippen LogP contribution in [0.2, 0.25) is 0 Å². The minimum atomic E-state index is -4.17. The Hall–Kier alpha value is -2.14. The van der Waals surface area contributed by atoms with Crippen LogP contribution in [-0.2, 0) is 25.6 Å². The van der Waals surface area contributed by atoms with E-state index >= 15 is 0 Å². The van der Waals surface area contributed by atoms with Gasteiger partial charge in [-0.25, -0.2) is 8.51 Å². The molecule has 0 amide bonds. The van der Waals surface area contributed by atoms with Crippen molar-refractivity contribution in [2.24, 2.45) is 0 Å². The maximum absolute atomic E-state index is 12.9. The highest BCUT2D eigenvalue weighted by molar-refractivity contribution is 7.87. The van der Waals surface area contributed by atoms with E-state index in [1.54, 1.807) is 24.3 Å². The highest BCUT2D eigenvalue weighted by Gasteiger charge is 2.27. The summed E-state index contributed by atoms with van der Waals surface area (Å²) in [6.45, 7) is 2.10. The third-order valence-corrected chi connectivity index (χ3v) is 6.43. The molecular weight excluding hydrogens is 430 g/mol. The molecule has 0 spiro atoms. The molecule has 0 bridgehead atoms. The minimum Gasteiger partial charge on any atom is -0.497 e. The van der Waals surface area contributed by atoms with Crippen molar-refractivity contribution in [2.45, 2.75) is 37.5 Å². The van der Waals surface area contributed by atoms with E-state index in [0.29, 0.717) is 23.6 Å². The van der Waals surface area contributed by atoms with Gasteiger partial charge in [-0.15, -0.1) is 0 Å². The van der Waals surface area contributed by atoms with Crippen molar-refractivity contribution < 1.29 is 30.8 Å². The topological polar surface area (TPSA) is 102 Å². The van der Waals surface area contributed by atoms with Crippen molar-refractivity contribution in [3.05, 3.63) is 42.5 Å². The van der Waals surface area contributed by atoms with Gasteiger partial charge in [-0.2, -0.15) is 8.42 Å². The number of rotatable bonds is 12. The summed E-state index contributed by atoms with van der Waals surface area (Å²) in [7, 11) is -1.25. The van der Waals surface area contributed by atoms with Crippen LogP contribution in [0.5, 0.6) is 11.5 Å². The third kappa shape index (κ3) is 6.18. The van der Waals surface area contributed by atoms with Crippen molar-refractivity contribution >= 4 is 32.8 Å². The summed E-state index contributed by atoms with van der Waals surface area (Å²) in [5.41, 5.74) is 0.262. The van der Waals surface area contributed by atoms with Crippen LogP contribution in [0.25, 0.3) is 0 Å². The summed E-state index contributed by atoms with van der Waals surface area (Å²) in [5, 5.41) is 0. The molecule has 0 saturated heterocycles. The van der Waals surface area contributed by atoms with Crippen LogP contribution in [0.4, 0.5) is 11.4 Å². The van der Waals surface area contributed by atoms with E-state index in [0.717, 1.165) is 23.6 Å². The SMILES string of the molecule is CCCCCCOS(=O)(=O)c1ccc(OC)cc1N(c1ccc(OC)cc1)S(=O)O. The maximum atomic E-state index is 12.9. The van der Waals surface area contributed by atoms with Crippen LogP contribution in [-0.4, -0.2) is 38.0 Å². The van der Waals surface area contributed by atoms with Crippen LogP contribution >= 0.6 is 0 Å². The number of methoxy groups -OCH3 is 2. The number of nitrogens with zero attached hydrogens (tertiary/aromatic N) is 1. The summed E-state index contributed by atoms with van der Waals surface area (Å²) < 4.78 is 64.3. The van der Waals surface area contributed by atoms with Crippen molar-refractivity contribution in [1.82, 2.24) is 0 Å². The Balaban J connectivity index is 2.46. The predicted molar refractivity (Wildman–Crippen MR) is 116 cm³/mol. The Morgan fingerprint density at radius 1 is 0.967 bits per heavy atom. The molecule has 8 nitrogen and oxygen atoms in total. The van der Waals surface area contributed by atoms with Gasteiger partial charge in [0.2, 0.25) is 0 Å². The highest BCUT2D eigenvalue weighted by atomic mass is 32.2. The summed E-state index contributed by atoms with van der Waals surface area (Å²) in [6.07, 6.45) is 3.48. The quantitative estimate of drug-likeness (QED) is 0.288. The summed E-state index contributed by atoms with van der Waals surface area (Å²) in [6, 6.07) is 10.5. The lowest BCUT2D eigenvalue weighted by molar-refractivity contribution is 0.307. The van der Waals surface area contributed by atoms with Crippen molar-refractivity contribution in [2.75, 3.05) is 25.1 Å². The van der Waals surface area contributed by atoms with E-state index < -0.39 is 21.4 Å². The smallest absolute Gasteiger partial charge is 0.299 e. The Bertz CT molecular complexity index is 946. The van der Waals surface area contributed by atoms with Crippen LogP contribution in [0.15, 0.2) is 47.4 Å². The Kier molecular flexibility index (Phi) is 9.09. The van der Waals surface area contributed by atoms with Gasteiger partial charge in [0.25, 0.3) is 21.4 Å². The molecule has 166 valence electrons. The molecule has 0 aliphatic heterocycles. The normalized spacial score (nSPS) is 12.4. The molecule has 0 radical (unpaired) electrons. The Morgan fingerprint density at radius 2 is 1.60 bits per heavy atom. The zero-order valence-corrected chi connectivity index (χ0v) is 18.9. The van der Waals surface area contributed by atoms with E-state index in [-0.39, 0.29) is 17.2 Å². The van der Waals surface area contributed by atoms with Gasteiger partial charge in [-0.05, 0) is 42.8 Å². The largest absolute Gasteiger partial charge is 0.497 e. The Labute approximate surface area is 180 Å². The minimum absolute atomic E-state index is 0.0334. The number of benzene rings is 2. The number of hydrogen-bond donors (Lipinski definition) is 1. The second-order valence-electron chi connectivity index (χ2n) is 6.39. The molecule has 0 heterocycles.